The lowest BCUT2D eigenvalue weighted by atomic mass is 9.71. The molecule has 0 fully saturated rings. The van der Waals surface area contributed by atoms with Crippen LogP contribution in [0.2, 0.25) is 0 Å². The van der Waals surface area contributed by atoms with Crippen LogP contribution in [0.5, 0.6) is 0 Å². The second kappa shape index (κ2) is 6.85. The minimum absolute atomic E-state index is 0.232. The molecule has 5 nitrogen and oxygen atoms in total. The number of pyridine rings is 2. The lowest BCUT2D eigenvalue weighted by Crippen LogP contribution is -2.27. The number of rotatable bonds is 2. The maximum atomic E-state index is 12.8. The molecule has 0 spiro atoms. The van der Waals surface area contributed by atoms with Gasteiger partial charge in [-0.1, -0.05) is 26.8 Å². The molecule has 1 atom stereocenters. The first-order valence-corrected chi connectivity index (χ1v) is 10.5. The van der Waals surface area contributed by atoms with Gasteiger partial charge in [0.15, 0.2) is 0 Å². The average Bonchev–Trinajstić information content (AvgIpc) is 2.95. The number of nitrogen functional groups attached to an aromatic ring is 1. The predicted octanol–water partition coefficient (Wildman–Crippen LogP) is 4.99. The number of fused-ring (bicyclic) bond motifs is 2. The van der Waals surface area contributed by atoms with E-state index in [4.69, 9.17) is 10.7 Å². The molecule has 6 heteroatoms. The van der Waals surface area contributed by atoms with Gasteiger partial charge in [0.05, 0.1) is 5.69 Å². The van der Waals surface area contributed by atoms with Crippen LogP contribution in [0.1, 0.15) is 53.8 Å². The number of aromatic nitrogens is 2. The number of carbonyl (C=O) groups is 1. The van der Waals surface area contributed by atoms with Crippen molar-refractivity contribution in [1.29, 1.82) is 0 Å². The summed E-state index contributed by atoms with van der Waals surface area (Å²) in [6, 6.07) is 7.69. The number of nitrogens with one attached hydrogen (secondary N) is 1. The third-order valence-corrected chi connectivity index (χ3v) is 6.76. The molecule has 1 amide bonds. The molecule has 1 unspecified atom stereocenters. The minimum Gasteiger partial charge on any atom is -0.397 e. The molecule has 1 aliphatic rings. The van der Waals surface area contributed by atoms with E-state index in [-0.39, 0.29) is 11.3 Å². The molecule has 4 rings (SSSR count). The molecule has 146 valence electrons. The highest BCUT2D eigenvalue weighted by atomic mass is 32.1. The quantitative estimate of drug-likeness (QED) is 0.642. The van der Waals surface area contributed by atoms with Gasteiger partial charge in [0.1, 0.15) is 15.5 Å². The molecule has 3 heterocycles. The summed E-state index contributed by atoms with van der Waals surface area (Å²) in [6.45, 7) is 8.79. The summed E-state index contributed by atoms with van der Waals surface area (Å²) in [5.41, 5.74) is 10.4. The summed E-state index contributed by atoms with van der Waals surface area (Å²) in [4.78, 5) is 23.3. The van der Waals surface area contributed by atoms with E-state index in [9.17, 15) is 4.79 Å². The van der Waals surface area contributed by atoms with Crippen LogP contribution in [0.3, 0.4) is 0 Å². The lowest BCUT2D eigenvalue weighted by molar-refractivity contribution is 0.103. The molecule has 3 aromatic rings. The van der Waals surface area contributed by atoms with E-state index < -0.39 is 0 Å². The number of thiophene rings is 1. The average molecular weight is 395 g/mol. The second-order valence-electron chi connectivity index (χ2n) is 8.72. The highest BCUT2D eigenvalue weighted by Gasteiger charge is 2.30. The van der Waals surface area contributed by atoms with E-state index in [2.05, 4.69) is 37.1 Å². The van der Waals surface area contributed by atoms with E-state index in [1.165, 1.54) is 16.9 Å². The third-order valence-electron chi connectivity index (χ3n) is 5.65. The van der Waals surface area contributed by atoms with Gasteiger partial charge in [-0.3, -0.25) is 4.79 Å². The predicted molar refractivity (Wildman–Crippen MR) is 116 cm³/mol. The molecule has 0 aromatic carbocycles. The van der Waals surface area contributed by atoms with Gasteiger partial charge in [-0.15, -0.1) is 11.3 Å². The smallest absolute Gasteiger partial charge is 0.269 e. The van der Waals surface area contributed by atoms with Crippen LogP contribution >= 0.6 is 11.3 Å². The number of amides is 1. The first-order valence-electron chi connectivity index (χ1n) is 9.68. The van der Waals surface area contributed by atoms with E-state index >= 15 is 0 Å². The van der Waals surface area contributed by atoms with Crippen molar-refractivity contribution in [2.45, 2.75) is 47.0 Å². The van der Waals surface area contributed by atoms with Gasteiger partial charge >= 0.3 is 0 Å². The van der Waals surface area contributed by atoms with Crippen LogP contribution in [0.15, 0.2) is 24.3 Å². The molecule has 0 saturated heterocycles. The Morgan fingerprint density at radius 3 is 2.79 bits per heavy atom. The molecular weight excluding hydrogens is 368 g/mol. The van der Waals surface area contributed by atoms with Crippen molar-refractivity contribution in [3.63, 3.8) is 0 Å². The van der Waals surface area contributed by atoms with Crippen LogP contribution in [-0.4, -0.2) is 15.9 Å². The van der Waals surface area contributed by atoms with Gasteiger partial charge in [0, 0.05) is 16.8 Å². The van der Waals surface area contributed by atoms with Gasteiger partial charge in [-0.2, -0.15) is 0 Å². The number of hydrogen-bond donors (Lipinski definition) is 2. The van der Waals surface area contributed by atoms with Crippen molar-refractivity contribution in [2.24, 2.45) is 11.3 Å². The fourth-order valence-electron chi connectivity index (χ4n) is 3.88. The summed E-state index contributed by atoms with van der Waals surface area (Å²) in [5.74, 6) is 0.931. The zero-order valence-corrected chi connectivity index (χ0v) is 17.6. The Bertz CT molecular complexity index is 1060. The summed E-state index contributed by atoms with van der Waals surface area (Å²) >= 11 is 1.36. The zero-order valence-electron chi connectivity index (χ0n) is 16.8. The maximum Gasteiger partial charge on any atom is 0.269 e. The van der Waals surface area contributed by atoms with Gasteiger partial charge in [0.2, 0.25) is 0 Å². The number of nitrogens with zero attached hydrogens (tertiary/aromatic N) is 2. The van der Waals surface area contributed by atoms with Gasteiger partial charge in [-0.05, 0) is 61.3 Å². The van der Waals surface area contributed by atoms with Gasteiger partial charge < -0.3 is 11.1 Å². The van der Waals surface area contributed by atoms with E-state index in [1.807, 2.05) is 19.1 Å². The van der Waals surface area contributed by atoms with Crippen LogP contribution in [-0.2, 0) is 12.8 Å². The number of nitrogens with two attached hydrogens (primary N) is 1. The number of carbonyl (C=O) groups excluding carboxylic acids is 1. The molecular formula is C22H26N4OS. The summed E-state index contributed by atoms with van der Waals surface area (Å²) in [5, 5.41) is 3.74. The van der Waals surface area contributed by atoms with Crippen molar-refractivity contribution in [3.05, 3.63) is 46.1 Å². The van der Waals surface area contributed by atoms with Crippen molar-refractivity contribution in [2.75, 3.05) is 11.1 Å². The second-order valence-corrected chi connectivity index (χ2v) is 9.71. The van der Waals surface area contributed by atoms with Crippen molar-refractivity contribution < 1.29 is 4.79 Å². The molecule has 1 aliphatic carbocycles. The summed E-state index contributed by atoms with van der Waals surface area (Å²) < 4.78 is 0. The minimum atomic E-state index is -0.232. The Balaban J connectivity index is 1.67. The molecule has 3 aromatic heterocycles. The molecule has 0 aliphatic heterocycles. The monoisotopic (exact) mass is 394 g/mol. The molecule has 0 bridgehead atoms. The summed E-state index contributed by atoms with van der Waals surface area (Å²) in [7, 11) is 0. The topological polar surface area (TPSA) is 80.9 Å². The fraction of sp³-hybridized carbons (Fsp3) is 0.409. The Morgan fingerprint density at radius 1 is 1.29 bits per heavy atom. The fourth-order valence-corrected chi connectivity index (χ4v) is 4.88. The van der Waals surface area contributed by atoms with E-state index in [0.29, 0.717) is 22.3 Å². The molecule has 0 saturated carbocycles. The van der Waals surface area contributed by atoms with Crippen LogP contribution in [0, 0.1) is 18.3 Å². The van der Waals surface area contributed by atoms with Gasteiger partial charge in [-0.25, -0.2) is 9.97 Å². The standard InChI is InChI=1S/C22H26N4OS/c1-12-6-5-7-17(24-12)26-20(27)19-18(23)15-11-13-10-14(22(2,3)4)8-9-16(13)25-21(15)28-19/h5-7,11,14H,8-10,23H2,1-4H3,(H,24,26,27). The summed E-state index contributed by atoms with van der Waals surface area (Å²) in [6.07, 6.45) is 3.16. The van der Waals surface area contributed by atoms with Crippen LogP contribution < -0.4 is 11.1 Å². The normalized spacial score (nSPS) is 16.8. The Kier molecular flexibility index (Phi) is 4.62. The van der Waals surface area contributed by atoms with Gasteiger partial charge in [0.25, 0.3) is 5.91 Å². The Labute approximate surface area is 169 Å². The SMILES string of the molecule is Cc1cccc(NC(=O)c2sc3nc4c(cc3c2N)CC(C(C)(C)C)CC4)n1. The Morgan fingerprint density at radius 2 is 2.07 bits per heavy atom. The highest BCUT2D eigenvalue weighted by Crippen LogP contribution is 2.40. The number of aryl methyl sites for hydroxylation is 2. The Hall–Kier alpha value is -2.47. The van der Waals surface area contributed by atoms with Crippen molar-refractivity contribution in [3.8, 4) is 0 Å². The lowest BCUT2D eigenvalue weighted by Gasteiger charge is -2.34. The third kappa shape index (κ3) is 3.49. The largest absolute Gasteiger partial charge is 0.397 e. The molecule has 3 N–H and O–H groups in total. The zero-order chi connectivity index (χ0) is 20.1. The van der Waals surface area contributed by atoms with E-state index in [1.54, 1.807) is 6.07 Å². The number of hydrogen-bond acceptors (Lipinski definition) is 5. The molecule has 0 radical (unpaired) electrons. The van der Waals surface area contributed by atoms with E-state index in [0.717, 1.165) is 40.9 Å². The first kappa shape index (κ1) is 18.9. The molecule has 28 heavy (non-hydrogen) atoms. The first-order chi connectivity index (χ1) is 13.2. The van der Waals surface area contributed by atoms with Crippen molar-refractivity contribution >= 4 is 39.0 Å². The van der Waals surface area contributed by atoms with Crippen LogP contribution in [0.25, 0.3) is 10.2 Å². The van der Waals surface area contributed by atoms with Crippen LogP contribution in [0.4, 0.5) is 11.5 Å². The van der Waals surface area contributed by atoms with Crippen molar-refractivity contribution in [1.82, 2.24) is 9.97 Å². The number of anilines is 2. The highest BCUT2D eigenvalue weighted by molar-refractivity contribution is 7.21. The maximum absolute atomic E-state index is 12.8.